The number of phenols is 1. The molecule has 0 aliphatic carbocycles. The van der Waals surface area contributed by atoms with E-state index in [0.29, 0.717) is 12.2 Å². The summed E-state index contributed by atoms with van der Waals surface area (Å²) in [4.78, 5) is 10.4. The SMILES string of the molecule is CCN(c1ccc(CNC(C)=O)cc1)S(=O)(=O)c1ccccc1N=Nc1c(N)ccc2cc(S(=O)(=O)[O-])cc(O)c12.[Na+]. The predicted molar refractivity (Wildman–Crippen MR) is 153 cm³/mol. The van der Waals surface area contributed by atoms with Crippen molar-refractivity contribution >= 4 is 59.6 Å². The summed E-state index contributed by atoms with van der Waals surface area (Å²) >= 11 is 0. The monoisotopic (exact) mass is 619 g/mol. The molecule has 1 amide bonds. The molecule has 0 aliphatic heterocycles. The Bertz CT molecular complexity index is 1880. The van der Waals surface area contributed by atoms with Gasteiger partial charge in [-0.2, -0.15) is 0 Å². The zero-order chi connectivity index (χ0) is 29.9. The Hall–Kier alpha value is -3.53. The molecule has 0 radical (unpaired) electrons. The number of aromatic hydroxyl groups is 1. The van der Waals surface area contributed by atoms with Gasteiger partial charge in [0.15, 0.2) is 0 Å². The summed E-state index contributed by atoms with van der Waals surface area (Å²) < 4.78 is 63.2. The first-order valence-corrected chi connectivity index (χ1v) is 15.1. The Balaban J connectivity index is 0.00000484. The van der Waals surface area contributed by atoms with Gasteiger partial charge in [-0.25, -0.2) is 16.8 Å². The third-order valence-electron chi connectivity index (χ3n) is 6.11. The molecule has 4 aromatic rings. The van der Waals surface area contributed by atoms with E-state index in [-0.39, 0.29) is 74.7 Å². The molecule has 0 saturated heterocycles. The van der Waals surface area contributed by atoms with Crippen molar-refractivity contribution in [2.75, 3.05) is 16.6 Å². The molecule has 0 heterocycles. The van der Waals surface area contributed by atoms with Crippen molar-refractivity contribution in [1.29, 1.82) is 0 Å². The first-order chi connectivity index (χ1) is 19.3. The second kappa shape index (κ2) is 13.2. The molecule has 0 fully saturated rings. The third kappa shape index (κ3) is 7.09. The van der Waals surface area contributed by atoms with Crippen molar-refractivity contribution in [3.63, 3.8) is 0 Å². The van der Waals surface area contributed by atoms with Gasteiger partial charge in [-0.3, -0.25) is 9.10 Å². The third-order valence-corrected chi connectivity index (χ3v) is 8.87. The van der Waals surface area contributed by atoms with Gasteiger partial charge in [0, 0.05) is 20.0 Å². The fourth-order valence-electron chi connectivity index (χ4n) is 4.14. The summed E-state index contributed by atoms with van der Waals surface area (Å²) in [6.45, 7) is 3.50. The molecule has 0 atom stereocenters. The van der Waals surface area contributed by atoms with Crippen LogP contribution in [0.15, 0.2) is 92.8 Å². The van der Waals surface area contributed by atoms with Crippen molar-refractivity contribution in [2.24, 2.45) is 10.2 Å². The maximum atomic E-state index is 13.8. The second-order valence-corrected chi connectivity index (χ2v) is 12.1. The van der Waals surface area contributed by atoms with Gasteiger partial charge in [-0.1, -0.05) is 30.3 Å². The van der Waals surface area contributed by atoms with E-state index >= 15 is 0 Å². The number of benzene rings is 4. The molecular formula is C27H26N5NaO7S2. The molecule has 4 aromatic carbocycles. The van der Waals surface area contributed by atoms with Crippen molar-refractivity contribution in [3.8, 4) is 5.75 Å². The Kier molecular flexibility index (Phi) is 10.4. The van der Waals surface area contributed by atoms with Crippen LogP contribution >= 0.6 is 0 Å². The van der Waals surface area contributed by atoms with Gasteiger partial charge < -0.3 is 20.7 Å². The Labute approximate surface area is 265 Å². The van der Waals surface area contributed by atoms with Crippen molar-refractivity contribution in [1.82, 2.24) is 5.32 Å². The quantitative estimate of drug-likeness (QED) is 0.108. The number of carbonyl (C=O) groups is 1. The van der Waals surface area contributed by atoms with Crippen LogP contribution in [-0.2, 0) is 31.5 Å². The minimum atomic E-state index is -4.84. The molecule has 42 heavy (non-hydrogen) atoms. The second-order valence-electron chi connectivity index (χ2n) is 8.91. The number of nitrogen functional groups attached to an aromatic ring is 1. The summed E-state index contributed by atoms with van der Waals surface area (Å²) in [7, 11) is -8.98. The Morgan fingerprint density at radius 2 is 1.67 bits per heavy atom. The topological polar surface area (TPSA) is 195 Å². The van der Waals surface area contributed by atoms with Crippen LogP contribution in [0.1, 0.15) is 19.4 Å². The van der Waals surface area contributed by atoms with E-state index in [0.717, 1.165) is 17.7 Å². The molecule has 0 aliphatic rings. The average Bonchev–Trinajstić information content (AvgIpc) is 2.92. The van der Waals surface area contributed by atoms with Crippen molar-refractivity contribution in [3.05, 3.63) is 78.4 Å². The number of phenolic OH excluding ortho intramolecular Hbond substituents is 1. The number of azo groups is 1. The maximum Gasteiger partial charge on any atom is 1.00 e. The van der Waals surface area contributed by atoms with Crippen LogP contribution in [0, 0.1) is 0 Å². The van der Waals surface area contributed by atoms with Gasteiger partial charge in [0.1, 0.15) is 32.1 Å². The van der Waals surface area contributed by atoms with Crippen LogP contribution < -0.4 is 44.9 Å². The van der Waals surface area contributed by atoms with Crippen LogP contribution in [0.4, 0.5) is 22.7 Å². The summed E-state index contributed by atoms with van der Waals surface area (Å²) in [5.41, 5.74) is 7.29. The van der Waals surface area contributed by atoms with E-state index < -0.39 is 30.8 Å². The van der Waals surface area contributed by atoms with Gasteiger partial charge in [0.25, 0.3) is 10.0 Å². The van der Waals surface area contributed by atoms with Crippen LogP contribution in [0.25, 0.3) is 10.8 Å². The number of fused-ring (bicyclic) bond motifs is 1. The summed E-state index contributed by atoms with van der Waals surface area (Å²) in [6, 6.07) is 17.3. The number of nitrogens with one attached hydrogen (secondary N) is 1. The van der Waals surface area contributed by atoms with E-state index in [1.807, 2.05) is 0 Å². The molecule has 0 aromatic heterocycles. The smallest absolute Gasteiger partial charge is 0.744 e. The summed E-state index contributed by atoms with van der Waals surface area (Å²) in [5, 5.41) is 21.7. The Morgan fingerprint density at radius 3 is 2.29 bits per heavy atom. The molecule has 15 heteroatoms. The first-order valence-electron chi connectivity index (χ1n) is 12.2. The molecule has 12 nitrogen and oxygen atoms in total. The molecule has 214 valence electrons. The normalized spacial score (nSPS) is 11.8. The van der Waals surface area contributed by atoms with Crippen LogP contribution in [0.3, 0.4) is 0 Å². The average molecular weight is 620 g/mol. The fourth-order valence-corrected chi connectivity index (χ4v) is 6.27. The van der Waals surface area contributed by atoms with Gasteiger partial charge >= 0.3 is 29.6 Å². The molecule has 4 rings (SSSR count). The minimum absolute atomic E-state index is 0. The molecule has 0 unspecified atom stereocenters. The number of sulfonamides is 1. The zero-order valence-corrected chi connectivity index (χ0v) is 26.6. The number of amides is 1. The van der Waals surface area contributed by atoms with Gasteiger partial charge in [0.05, 0.1) is 21.7 Å². The number of hydrogen-bond acceptors (Lipinski definition) is 10. The number of rotatable bonds is 9. The van der Waals surface area contributed by atoms with Crippen molar-refractivity contribution < 1.29 is 60.8 Å². The minimum Gasteiger partial charge on any atom is -0.744 e. The van der Waals surface area contributed by atoms with Crippen molar-refractivity contribution in [2.45, 2.75) is 30.2 Å². The fraction of sp³-hybridized carbons (Fsp3) is 0.148. The van der Waals surface area contributed by atoms with Gasteiger partial charge in [-0.15, -0.1) is 10.2 Å². The van der Waals surface area contributed by atoms with Crippen LogP contribution in [0.5, 0.6) is 5.75 Å². The first kappa shape index (κ1) is 33.0. The number of nitrogens with zero attached hydrogens (tertiary/aromatic N) is 3. The van der Waals surface area contributed by atoms with E-state index in [2.05, 4.69) is 15.5 Å². The molecule has 4 N–H and O–H groups in total. The molecule has 0 spiro atoms. The Morgan fingerprint density at radius 1 is 1.00 bits per heavy atom. The van der Waals surface area contributed by atoms with Crippen LogP contribution in [0.2, 0.25) is 0 Å². The number of anilines is 2. The molecule has 0 bridgehead atoms. The predicted octanol–water partition coefficient (Wildman–Crippen LogP) is 1.30. The largest absolute Gasteiger partial charge is 1.00 e. The van der Waals surface area contributed by atoms with E-state index in [9.17, 15) is 31.3 Å². The van der Waals surface area contributed by atoms with E-state index in [4.69, 9.17) is 5.73 Å². The summed E-state index contributed by atoms with van der Waals surface area (Å²) in [6.07, 6.45) is 0. The molecular weight excluding hydrogens is 593 g/mol. The van der Waals surface area contributed by atoms with E-state index in [1.54, 1.807) is 43.3 Å². The van der Waals surface area contributed by atoms with Gasteiger partial charge in [0.2, 0.25) is 5.91 Å². The summed E-state index contributed by atoms with van der Waals surface area (Å²) in [5.74, 6) is -0.739. The maximum absolute atomic E-state index is 13.8. The number of hydrogen-bond donors (Lipinski definition) is 3. The molecule has 0 saturated carbocycles. The number of nitrogens with two attached hydrogens (primary N) is 1. The van der Waals surface area contributed by atoms with Gasteiger partial charge in [-0.05, 0) is 60.3 Å². The number of carbonyl (C=O) groups excluding carboxylic acids is 1. The zero-order valence-electron chi connectivity index (χ0n) is 23.0. The standard InChI is InChI=1S/C27H27N5O7S2.Na/c1-3-32(20-11-8-18(9-12-20)16-29-17(2)33)40(35,36)25-7-5-4-6-23(25)30-31-27-22(28)13-10-19-14-21(41(37,38)39)15-24(34)26(19)27;/h4-15,34H,3,16,28H2,1-2H3,(H,29,33)(H,37,38,39);/q;+1/p-1. The van der Waals surface area contributed by atoms with Crippen LogP contribution in [-0.4, -0.2) is 38.9 Å². The van der Waals surface area contributed by atoms with E-state index in [1.165, 1.54) is 35.5 Å².